The molecule has 6 heteroatoms. The lowest BCUT2D eigenvalue weighted by molar-refractivity contribution is 0.385. The van der Waals surface area contributed by atoms with Gasteiger partial charge < -0.3 is 5.73 Å². The third-order valence-electron chi connectivity index (χ3n) is 3.19. The van der Waals surface area contributed by atoms with Crippen molar-refractivity contribution in [1.82, 2.24) is 4.31 Å². The molecule has 0 saturated carbocycles. The number of sulfonamides is 1. The first-order valence-corrected chi connectivity index (χ1v) is 9.56. The van der Waals surface area contributed by atoms with Crippen molar-refractivity contribution in [2.75, 3.05) is 25.6 Å². The van der Waals surface area contributed by atoms with E-state index >= 15 is 0 Å². The maximum Gasteiger partial charge on any atom is 0.243 e. The van der Waals surface area contributed by atoms with E-state index in [1.807, 2.05) is 13.2 Å². The molecule has 1 aromatic rings. The van der Waals surface area contributed by atoms with E-state index in [-0.39, 0.29) is 17.5 Å². The van der Waals surface area contributed by atoms with Crippen LogP contribution in [0.3, 0.4) is 0 Å². The Kier molecular flexibility index (Phi) is 7.26. The fourth-order valence-corrected chi connectivity index (χ4v) is 4.34. The van der Waals surface area contributed by atoms with E-state index in [2.05, 4.69) is 11.8 Å². The molecule has 0 radical (unpaired) electrons. The van der Waals surface area contributed by atoms with Gasteiger partial charge in [0.15, 0.2) is 0 Å². The Morgan fingerprint density at radius 3 is 2.71 bits per heavy atom. The summed E-state index contributed by atoms with van der Waals surface area (Å²) in [5, 5.41) is 0. The Labute approximate surface area is 132 Å². The van der Waals surface area contributed by atoms with Gasteiger partial charge in [-0.3, -0.25) is 0 Å². The summed E-state index contributed by atoms with van der Waals surface area (Å²) in [7, 11) is -1.86. The van der Waals surface area contributed by atoms with E-state index < -0.39 is 10.0 Å². The van der Waals surface area contributed by atoms with Gasteiger partial charge in [-0.1, -0.05) is 24.8 Å². The molecule has 116 valence electrons. The molecule has 1 unspecified atom stereocenters. The fourth-order valence-electron chi connectivity index (χ4n) is 1.92. The molecule has 0 fully saturated rings. The second-order valence-electron chi connectivity index (χ2n) is 4.57. The van der Waals surface area contributed by atoms with Crippen LogP contribution in [-0.4, -0.2) is 44.4 Å². The van der Waals surface area contributed by atoms with Crippen LogP contribution in [0.25, 0.3) is 0 Å². The van der Waals surface area contributed by atoms with E-state index in [1.54, 1.807) is 43.1 Å². The van der Waals surface area contributed by atoms with Crippen LogP contribution in [0.5, 0.6) is 0 Å². The number of rotatable bonds is 6. The zero-order chi connectivity index (χ0) is 15.9. The van der Waals surface area contributed by atoms with Gasteiger partial charge in [0.1, 0.15) is 0 Å². The Balaban J connectivity index is 3.12. The minimum absolute atomic E-state index is 0.0104. The molecule has 0 aliphatic heterocycles. The molecule has 0 bridgehead atoms. The summed E-state index contributed by atoms with van der Waals surface area (Å²) in [5.74, 6) is 6.37. The van der Waals surface area contributed by atoms with Crippen LogP contribution in [-0.2, 0) is 10.0 Å². The Bertz CT molecular complexity index is 618. The van der Waals surface area contributed by atoms with Gasteiger partial charge in [0.2, 0.25) is 10.0 Å². The second-order valence-corrected chi connectivity index (χ2v) is 7.48. The highest BCUT2D eigenvalue weighted by atomic mass is 32.2. The first kappa shape index (κ1) is 18.1. The second kappa shape index (κ2) is 8.44. The zero-order valence-corrected chi connectivity index (χ0v) is 14.3. The predicted molar refractivity (Wildman–Crippen MR) is 89.8 cm³/mol. The lowest BCUT2D eigenvalue weighted by Crippen LogP contribution is -2.38. The molecule has 4 nitrogen and oxygen atoms in total. The van der Waals surface area contributed by atoms with E-state index in [1.165, 1.54) is 4.31 Å². The van der Waals surface area contributed by atoms with Crippen LogP contribution in [0.2, 0.25) is 0 Å². The quantitative estimate of drug-likeness (QED) is 0.809. The standard InChI is InChI=1S/C15H22N2O2S2/c1-4-14(12-20-3)17(2)21(18,19)15-9-5-7-13(11-15)8-6-10-16/h5,7,9,11,14H,4,10,12,16H2,1-3H3. The summed E-state index contributed by atoms with van der Waals surface area (Å²) in [4.78, 5) is 0.272. The summed E-state index contributed by atoms with van der Waals surface area (Å²) in [6, 6.07) is 6.67. The number of hydrogen-bond donors (Lipinski definition) is 1. The molecule has 0 heterocycles. The highest BCUT2D eigenvalue weighted by molar-refractivity contribution is 7.98. The maximum atomic E-state index is 12.7. The lowest BCUT2D eigenvalue weighted by atomic mass is 10.2. The monoisotopic (exact) mass is 326 g/mol. The van der Waals surface area contributed by atoms with Crippen LogP contribution in [0, 0.1) is 11.8 Å². The number of nitrogens with zero attached hydrogens (tertiary/aromatic N) is 1. The van der Waals surface area contributed by atoms with E-state index in [0.29, 0.717) is 5.56 Å². The fraction of sp³-hybridized carbons (Fsp3) is 0.467. The molecule has 0 aromatic heterocycles. The Morgan fingerprint density at radius 1 is 1.43 bits per heavy atom. The highest BCUT2D eigenvalue weighted by Crippen LogP contribution is 2.20. The average Bonchev–Trinajstić information content (AvgIpc) is 2.50. The van der Waals surface area contributed by atoms with Crippen LogP contribution >= 0.6 is 11.8 Å². The minimum Gasteiger partial charge on any atom is -0.320 e. The van der Waals surface area contributed by atoms with E-state index in [9.17, 15) is 8.42 Å². The van der Waals surface area contributed by atoms with E-state index in [0.717, 1.165) is 12.2 Å². The van der Waals surface area contributed by atoms with Crippen molar-refractivity contribution < 1.29 is 8.42 Å². The van der Waals surface area contributed by atoms with Crippen molar-refractivity contribution in [3.05, 3.63) is 29.8 Å². The SMILES string of the molecule is CCC(CSC)N(C)S(=O)(=O)c1cccc(C#CCN)c1. The number of nitrogens with two attached hydrogens (primary N) is 1. The summed E-state index contributed by atoms with van der Waals surface area (Å²) in [6.45, 7) is 2.25. The zero-order valence-electron chi connectivity index (χ0n) is 12.7. The minimum atomic E-state index is -3.50. The summed E-state index contributed by atoms with van der Waals surface area (Å²) >= 11 is 1.65. The van der Waals surface area contributed by atoms with Crippen molar-refractivity contribution in [3.8, 4) is 11.8 Å². The topological polar surface area (TPSA) is 63.4 Å². The van der Waals surface area contributed by atoms with Crippen molar-refractivity contribution in [3.63, 3.8) is 0 Å². The van der Waals surface area contributed by atoms with Gasteiger partial charge in [0.05, 0.1) is 11.4 Å². The largest absolute Gasteiger partial charge is 0.320 e. The van der Waals surface area contributed by atoms with Crippen molar-refractivity contribution in [2.24, 2.45) is 5.73 Å². The first-order chi connectivity index (χ1) is 9.97. The number of thioether (sulfide) groups is 1. The summed E-state index contributed by atoms with van der Waals surface area (Å²) in [5.41, 5.74) is 6.00. The number of benzene rings is 1. The molecule has 1 atom stereocenters. The van der Waals surface area contributed by atoms with Gasteiger partial charge in [0, 0.05) is 24.4 Å². The van der Waals surface area contributed by atoms with Gasteiger partial charge in [-0.05, 0) is 30.9 Å². The first-order valence-electron chi connectivity index (χ1n) is 6.73. The third kappa shape index (κ3) is 4.75. The van der Waals surface area contributed by atoms with Crippen LogP contribution < -0.4 is 5.73 Å². The molecule has 1 aromatic carbocycles. The van der Waals surface area contributed by atoms with Gasteiger partial charge in [-0.25, -0.2) is 8.42 Å². The van der Waals surface area contributed by atoms with Gasteiger partial charge in [-0.2, -0.15) is 16.1 Å². The van der Waals surface area contributed by atoms with Crippen LogP contribution in [0.15, 0.2) is 29.2 Å². The third-order valence-corrected chi connectivity index (χ3v) is 5.81. The normalized spacial score (nSPS) is 12.8. The molecule has 0 aliphatic rings. The lowest BCUT2D eigenvalue weighted by Gasteiger charge is -2.26. The summed E-state index contributed by atoms with van der Waals surface area (Å²) in [6.07, 6.45) is 2.76. The predicted octanol–water partition coefficient (Wildman–Crippen LogP) is 1.76. The van der Waals surface area contributed by atoms with Gasteiger partial charge in [-0.15, -0.1) is 0 Å². The van der Waals surface area contributed by atoms with Crippen LogP contribution in [0.4, 0.5) is 0 Å². The Morgan fingerprint density at radius 2 is 2.14 bits per heavy atom. The molecule has 0 amide bonds. The molecule has 0 aliphatic carbocycles. The maximum absolute atomic E-state index is 12.7. The smallest absolute Gasteiger partial charge is 0.243 e. The average molecular weight is 326 g/mol. The molecule has 1 rings (SSSR count). The molecule has 0 saturated heterocycles. The van der Waals surface area contributed by atoms with Crippen LogP contribution in [0.1, 0.15) is 18.9 Å². The summed E-state index contributed by atoms with van der Waals surface area (Å²) < 4.78 is 26.8. The van der Waals surface area contributed by atoms with Crippen molar-refractivity contribution in [2.45, 2.75) is 24.3 Å². The van der Waals surface area contributed by atoms with Gasteiger partial charge in [0.25, 0.3) is 0 Å². The Hall–Kier alpha value is -1.00. The highest BCUT2D eigenvalue weighted by Gasteiger charge is 2.26. The number of hydrogen-bond acceptors (Lipinski definition) is 4. The van der Waals surface area contributed by atoms with Gasteiger partial charge >= 0.3 is 0 Å². The van der Waals surface area contributed by atoms with Crippen molar-refractivity contribution in [1.29, 1.82) is 0 Å². The molecule has 2 N–H and O–H groups in total. The van der Waals surface area contributed by atoms with Crippen molar-refractivity contribution >= 4 is 21.8 Å². The molecular weight excluding hydrogens is 304 g/mol. The van der Waals surface area contributed by atoms with E-state index in [4.69, 9.17) is 5.73 Å². The molecular formula is C15H22N2O2S2. The molecule has 21 heavy (non-hydrogen) atoms. The molecule has 0 spiro atoms.